The number of aromatic amines is 1. The molecular weight excluding hydrogens is 254 g/mol. The summed E-state index contributed by atoms with van der Waals surface area (Å²) in [5.41, 5.74) is 0.0933. The zero-order chi connectivity index (χ0) is 13.1. The fraction of sp³-hybridized carbons (Fsp3) is 0.818. The zero-order valence-electron chi connectivity index (χ0n) is 10.9. The van der Waals surface area contributed by atoms with Crippen LogP contribution in [0.4, 0.5) is 0 Å². The summed E-state index contributed by atoms with van der Waals surface area (Å²) in [6, 6.07) is 0. The van der Waals surface area contributed by atoms with Crippen LogP contribution in [0.25, 0.3) is 0 Å². The highest BCUT2D eigenvalue weighted by molar-refractivity contribution is 7.99. The molecule has 1 rings (SSSR count). The molecular formula is C11H21N3OS2. The highest BCUT2D eigenvalue weighted by Crippen LogP contribution is 2.31. The molecule has 0 aliphatic carbocycles. The van der Waals surface area contributed by atoms with Crippen LogP contribution in [0.3, 0.4) is 0 Å². The largest absolute Gasteiger partial charge is 0.343 e. The van der Waals surface area contributed by atoms with E-state index in [4.69, 9.17) is 0 Å². The topological polar surface area (TPSA) is 50.7 Å². The summed E-state index contributed by atoms with van der Waals surface area (Å²) >= 11 is 6.02. The van der Waals surface area contributed by atoms with Crippen LogP contribution < -0.4 is 5.69 Å². The van der Waals surface area contributed by atoms with Gasteiger partial charge in [-0.2, -0.15) is 12.6 Å². The number of thioether (sulfide) groups is 1. The molecule has 6 heteroatoms. The third-order valence-electron chi connectivity index (χ3n) is 2.90. The van der Waals surface area contributed by atoms with Crippen molar-refractivity contribution in [2.24, 2.45) is 11.3 Å². The summed E-state index contributed by atoms with van der Waals surface area (Å²) in [6.07, 6.45) is 0. The molecule has 1 N–H and O–H groups in total. The van der Waals surface area contributed by atoms with Gasteiger partial charge in [-0.1, -0.05) is 32.5 Å². The monoisotopic (exact) mass is 275 g/mol. The lowest BCUT2D eigenvalue weighted by molar-refractivity contribution is 0.294. The first-order chi connectivity index (χ1) is 7.90. The van der Waals surface area contributed by atoms with E-state index in [1.54, 1.807) is 16.3 Å². The number of hydrogen-bond acceptors (Lipinski definition) is 4. The van der Waals surface area contributed by atoms with E-state index in [1.165, 1.54) is 0 Å². The molecule has 98 valence electrons. The number of aromatic nitrogens is 3. The number of nitrogens with one attached hydrogen (secondary N) is 1. The Balaban J connectivity index is 2.69. The first-order valence-corrected chi connectivity index (χ1v) is 7.40. The Bertz CT molecular complexity index is 406. The lowest BCUT2D eigenvalue weighted by atomic mass is 9.83. The number of rotatable bonds is 5. The van der Waals surface area contributed by atoms with E-state index >= 15 is 0 Å². The standard InChI is InChI=1S/C11H21N3OS2/c1-5-14-9(15)12-13-10(14)17-7-8(6-16)11(2,3)4/h8,16H,5-7H2,1-4H3,(H,12,15). The lowest BCUT2D eigenvalue weighted by Crippen LogP contribution is -2.24. The van der Waals surface area contributed by atoms with Gasteiger partial charge in [0, 0.05) is 12.3 Å². The molecule has 0 saturated heterocycles. The minimum atomic E-state index is -0.131. The molecule has 0 aromatic carbocycles. The molecule has 0 aliphatic heterocycles. The van der Waals surface area contributed by atoms with Crippen molar-refractivity contribution in [2.75, 3.05) is 11.5 Å². The molecule has 1 heterocycles. The Hall–Kier alpha value is -0.360. The summed E-state index contributed by atoms with van der Waals surface area (Å²) in [6.45, 7) is 9.24. The minimum absolute atomic E-state index is 0.131. The van der Waals surface area contributed by atoms with Gasteiger partial charge in [-0.05, 0) is 24.0 Å². The molecule has 1 atom stereocenters. The zero-order valence-corrected chi connectivity index (χ0v) is 12.6. The molecule has 0 spiro atoms. The molecule has 1 aromatic heterocycles. The van der Waals surface area contributed by atoms with Crippen molar-refractivity contribution in [1.29, 1.82) is 0 Å². The molecule has 0 amide bonds. The van der Waals surface area contributed by atoms with Crippen molar-refractivity contribution in [3.63, 3.8) is 0 Å². The molecule has 1 aromatic rings. The van der Waals surface area contributed by atoms with Crippen molar-refractivity contribution in [3.8, 4) is 0 Å². The van der Waals surface area contributed by atoms with Crippen molar-refractivity contribution in [3.05, 3.63) is 10.5 Å². The van der Waals surface area contributed by atoms with Crippen molar-refractivity contribution in [1.82, 2.24) is 14.8 Å². The predicted molar refractivity (Wildman–Crippen MR) is 76.0 cm³/mol. The van der Waals surface area contributed by atoms with Gasteiger partial charge in [0.1, 0.15) is 0 Å². The van der Waals surface area contributed by atoms with Crippen LogP contribution in [0, 0.1) is 11.3 Å². The molecule has 17 heavy (non-hydrogen) atoms. The Morgan fingerprint density at radius 1 is 1.53 bits per heavy atom. The fourth-order valence-electron chi connectivity index (χ4n) is 1.44. The first kappa shape index (κ1) is 14.7. The van der Waals surface area contributed by atoms with Gasteiger partial charge in [-0.3, -0.25) is 4.57 Å². The Morgan fingerprint density at radius 3 is 2.65 bits per heavy atom. The highest BCUT2D eigenvalue weighted by atomic mass is 32.2. The summed E-state index contributed by atoms with van der Waals surface area (Å²) < 4.78 is 1.66. The maximum atomic E-state index is 11.4. The Kier molecular flexibility index (Phi) is 5.19. The van der Waals surface area contributed by atoms with Gasteiger partial charge >= 0.3 is 5.69 Å². The van der Waals surface area contributed by atoms with Crippen molar-refractivity contribution < 1.29 is 0 Å². The normalized spacial score (nSPS) is 13.9. The van der Waals surface area contributed by atoms with Crippen molar-refractivity contribution in [2.45, 2.75) is 39.4 Å². The quantitative estimate of drug-likeness (QED) is 0.640. The van der Waals surface area contributed by atoms with Crippen LogP contribution in [-0.4, -0.2) is 26.3 Å². The molecule has 0 bridgehead atoms. The van der Waals surface area contributed by atoms with Crippen LogP contribution >= 0.6 is 24.4 Å². The summed E-state index contributed by atoms with van der Waals surface area (Å²) in [4.78, 5) is 11.4. The number of nitrogens with zero attached hydrogens (tertiary/aromatic N) is 2. The fourth-order valence-corrected chi connectivity index (χ4v) is 3.74. The van der Waals surface area contributed by atoms with Gasteiger partial charge in [0.2, 0.25) is 0 Å². The smallest absolute Gasteiger partial charge is 0.270 e. The molecule has 0 fully saturated rings. The molecule has 1 unspecified atom stereocenters. The third kappa shape index (κ3) is 3.81. The summed E-state index contributed by atoms with van der Waals surface area (Å²) in [5.74, 6) is 2.27. The van der Waals surface area contributed by atoms with E-state index in [0.29, 0.717) is 12.5 Å². The average Bonchev–Trinajstić information content (AvgIpc) is 2.58. The number of H-pyrrole nitrogens is 1. The van der Waals surface area contributed by atoms with Crippen LogP contribution in [0.1, 0.15) is 27.7 Å². The second-order valence-electron chi connectivity index (χ2n) is 5.11. The second-order valence-corrected chi connectivity index (χ2v) is 6.46. The van der Waals surface area contributed by atoms with Gasteiger partial charge in [0.05, 0.1) is 0 Å². The summed E-state index contributed by atoms with van der Waals surface area (Å²) in [7, 11) is 0. The number of thiol groups is 1. The van der Waals surface area contributed by atoms with Gasteiger partial charge in [-0.15, -0.1) is 5.10 Å². The van der Waals surface area contributed by atoms with Crippen molar-refractivity contribution >= 4 is 24.4 Å². The molecule has 0 radical (unpaired) electrons. The molecule has 0 aliphatic rings. The van der Waals surface area contributed by atoms with E-state index in [9.17, 15) is 4.79 Å². The minimum Gasteiger partial charge on any atom is -0.270 e. The molecule has 0 saturated carbocycles. The van der Waals surface area contributed by atoms with Gasteiger partial charge < -0.3 is 0 Å². The summed E-state index contributed by atoms with van der Waals surface area (Å²) in [5, 5.41) is 7.30. The van der Waals surface area contributed by atoms with Crippen LogP contribution in [-0.2, 0) is 6.54 Å². The van der Waals surface area contributed by atoms with E-state index in [1.807, 2.05) is 6.92 Å². The predicted octanol–water partition coefficient (Wildman–Crippen LogP) is 2.28. The van der Waals surface area contributed by atoms with Crippen LogP contribution in [0.2, 0.25) is 0 Å². The Morgan fingerprint density at radius 2 is 2.18 bits per heavy atom. The highest BCUT2D eigenvalue weighted by Gasteiger charge is 2.24. The second kappa shape index (κ2) is 6.00. The van der Waals surface area contributed by atoms with Gasteiger partial charge in [0.25, 0.3) is 0 Å². The van der Waals surface area contributed by atoms with E-state index in [-0.39, 0.29) is 11.1 Å². The van der Waals surface area contributed by atoms with Gasteiger partial charge in [-0.25, -0.2) is 9.89 Å². The number of hydrogen-bond donors (Lipinski definition) is 2. The van der Waals surface area contributed by atoms with Gasteiger partial charge in [0.15, 0.2) is 5.16 Å². The molecule has 4 nitrogen and oxygen atoms in total. The maximum absolute atomic E-state index is 11.4. The maximum Gasteiger partial charge on any atom is 0.343 e. The average molecular weight is 275 g/mol. The van der Waals surface area contributed by atoms with E-state index in [0.717, 1.165) is 16.7 Å². The van der Waals surface area contributed by atoms with Crippen LogP contribution in [0.5, 0.6) is 0 Å². The first-order valence-electron chi connectivity index (χ1n) is 5.79. The van der Waals surface area contributed by atoms with E-state index in [2.05, 4.69) is 43.6 Å². The third-order valence-corrected chi connectivity index (χ3v) is 4.48. The Labute approximate surface area is 112 Å². The lowest BCUT2D eigenvalue weighted by Gasteiger charge is -2.28. The van der Waals surface area contributed by atoms with Crippen LogP contribution in [0.15, 0.2) is 9.95 Å². The SMILES string of the molecule is CCn1c(SCC(CS)C(C)(C)C)n[nH]c1=O. The van der Waals surface area contributed by atoms with E-state index < -0.39 is 0 Å².